The number of nitrogens with one attached hydrogen (secondary N) is 1. The summed E-state index contributed by atoms with van der Waals surface area (Å²) < 4.78 is 0. The summed E-state index contributed by atoms with van der Waals surface area (Å²) in [6.07, 6.45) is 1.86. The molecule has 1 rings (SSSR count). The highest BCUT2D eigenvalue weighted by Crippen LogP contribution is 2.14. The number of anilines is 2. The standard InChI is InChI=1S/C13H19N5O/c1-3-18(4-2)12(19)5-6-16-13-10(8-14)7-11(15)9-17-13/h7,9H,3-6,15H2,1-2H3,(H,16,17). The van der Waals surface area contributed by atoms with E-state index in [9.17, 15) is 4.79 Å². The molecule has 0 bridgehead atoms. The second kappa shape index (κ2) is 7.21. The first kappa shape index (κ1) is 14.8. The highest BCUT2D eigenvalue weighted by molar-refractivity contribution is 5.76. The van der Waals surface area contributed by atoms with Crippen LogP contribution in [-0.4, -0.2) is 35.4 Å². The minimum Gasteiger partial charge on any atom is -0.397 e. The van der Waals surface area contributed by atoms with Crippen LogP contribution in [0.25, 0.3) is 0 Å². The molecule has 0 aromatic carbocycles. The van der Waals surface area contributed by atoms with E-state index in [1.54, 1.807) is 11.0 Å². The van der Waals surface area contributed by atoms with Gasteiger partial charge in [0.05, 0.1) is 17.4 Å². The molecule has 102 valence electrons. The molecule has 1 heterocycles. The van der Waals surface area contributed by atoms with Crippen LogP contribution in [0, 0.1) is 11.3 Å². The lowest BCUT2D eigenvalue weighted by Gasteiger charge is -2.18. The predicted octanol–water partition coefficient (Wildman–Crippen LogP) is 1.21. The molecule has 1 aromatic heterocycles. The quantitative estimate of drug-likeness (QED) is 0.802. The number of pyridine rings is 1. The lowest BCUT2D eigenvalue weighted by molar-refractivity contribution is -0.130. The number of aromatic nitrogens is 1. The van der Waals surface area contributed by atoms with E-state index in [0.29, 0.717) is 43.1 Å². The van der Waals surface area contributed by atoms with Gasteiger partial charge in [0.2, 0.25) is 5.91 Å². The minimum absolute atomic E-state index is 0.0893. The van der Waals surface area contributed by atoms with Gasteiger partial charge in [0.1, 0.15) is 11.9 Å². The van der Waals surface area contributed by atoms with Gasteiger partial charge in [-0.3, -0.25) is 4.79 Å². The zero-order chi connectivity index (χ0) is 14.3. The second-order valence-corrected chi connectivity index (χ2v) is 4.02. The van der Waals surface area contributed by atoms with Gasteiger partial charge in [-0.2, -0.15) is 5.26 Å². The lowest BCUT2D eigenvalue weighted by atomic mass is 10.2. The molecule has 0 aliphatic carbocycles. The fourth-order valence-corrected chi connectivity index (χ4v) is 1.73. The van der Waals surface area contributed by atoms with Crippen molar-refractivity contribution in [3.63, 3.8) is 0 Å². The Bertz CT molecular complexity index is 476. The van der Waals surface area contributed by atoms with Gasteiger partial charge in [-0.1, -0.05) is 0 Å². The van der Waals surface area contributed by atoms with Crippen LogP contribution in [-0.2, 0) is 4.79 Å². The average molecular weight is 261 g/mol. The molecule has 1 aromatic rings. The third-order valence-corrected chi connectivity index (χ3v) is 2.78. The fourth-order valence-electron chi connectivity index (χ4n) is 1.73. The molecule has 1 amide bonds. The second-order valence-electron chi connectivity index (χ2n) is 4.02. The van der Waals surface area contributed by atoms with Crippen LogP contribution in [0.3, 0.4) is 0 Å². The summed E-state index contributed by atoms with van der Waals surface area (Å²) >= 11 is 0. The third-order valence-electron chi connectivity index (χ3n) is 2.78. The van der Waals surface area contributed by atoms with Crippen molar-refractivity contribution in [2.75, 3.05) is 30.7 Å². The fraction of sp³-hybridized carbons (Fsp3) is 0.462. The molecule has 0 aliphatic heterocycles. The minimum atomic E-state index is 0.0893. The summed E-state index contributed by atoms with van der Waals surface area (Å²) in [6, 6.07) is 3.58. The SMILES string of the molecule is CCN(CC)C(=O)CCNc1ncc(N)cc1C#N. The smallest absolute Gasteiger partial charge is 0.224 e. The van der Waals surface area contributed by atoms with Crippen molar-refractivity contribution in [1.82, 2.24) is 9.88 Å². The summed E-state index contributed by atoms with van der Waals surface area (Å²) in [5.41, 5.74) is 6.38. The molecule has 0 saturated carbocycles. The van der Waals surface area contributed by atoms with Gasteiger partial charge < -0.3 is 16.0 Å². The van der Waals surface area contributed by atoms with Crippen molar-refractivity contribution in [3.8, 4) is 6.07 Å². The van der Waals surface area contributed by atoms with Crippen LogP contribution in [0.1, 0.15) is 25.8 Å². The van der Waals surface area contributed by atoms with E-state index in [1.165, 1.54) is 6.20 Å². The zero-order valence-electron chi connectivity index (χ0n) is 11.3. The topological polar surface area (TPSA) is 95.0 Å². The number of rotatable bonds is 6. The maximum absolute atomic E-state index is 11.8. The first-order valence-corrected chi connectivity index (χ1v) is 6.29. The Kier molecular flexibility index (Phi) is 5.61. The van der Waals surface area contributed by atoms with Crippen molar-refractivity contribution >= 4 is 17.4 Å². The molecule has 0 atom stereocenters. The molecule has 19 heavy (non-hydrogen) atoms. The monoisotopic (exact) mass is 261 g/mol. The van der Waals surface area contributed by atoms with Crippen LogP contribution >= 0.6 is 0 Å². The zero-order valence-corrected chi connectivity index (χ0v) is 11.3. The van der Waals surface area contributed by atoms with E-state index in [0.717, 1.165) is 0 Å². The van der Waals surface area contributed by atoms with Crippen molar-refractivity contribution in [1.29, 1.82) is 5.26 Å². The Balaban J connectivity index is 2.54. The van der Waals surface area contributed by atoms with Gasteiger partial charge in [0, 0.05) is 26.1 Å². The Morgan fingerprint density at radius 3 is 2.79 bits per heavy atom. The average Bonchev–Trinajstić information content (AvgIpc) is 2.41. The summed E-state index contributed by atoms with van der Waals surface area (Å²) in [5, 5.41) is 11.9. The van der Waals surface area contributed by atoms with Gasteiger partial charge >= 0.3 is 0 Å². The Labute approximate surface area is 113 Å². The van der Waals surface area contributed by atoms with E-state index in [-0.39, 0.29) is 5.91 Å². The molecular weight excluding hydrogens is 242 g/mol. The normalized spacial score (nSPS) is 9.74. The lowest BCUT2D eigenvalue weighted by Crippen LogP contribution is -2.31. The van der Waals surface area contributed by atoms with Crippen LogP contribution in [0.2, 0.25) is 0 Å². The third kappa shape index (κ3) is 4.14. The Hall–Kier alpha value is -2.29. The van der Waals surface area contributed by atoms with Crippen LogP contribution in [0.15, 0.2) is 12.3 Å². The molecule has 0 radical (unpaired) electrons. The number of nitriles is 1. The molecular formula is C13H19N5O. The van der Waals surface area contributed by atoms with E-state index in [1.807, 2.05) is 19.9 Å². The van der Waals surface area contributed by atoms with Gasteiger partial charge in [-0.15, -0.1) is 0 Å². The molecule has 0 aliphatic rings. The first-order valence-electron chi connectivity index (χ1n) is 6.29. The molecule has 0 fully saturated rings. The number of amides is 1. The van der Waals surface area contributed by atoms with Crippen molar-refractivity contribution in [3.05, 3.63) is 17.8 Å². The number of nitrogens with two attached hydrogens (primary N) is 1. The highest BCUT2D eigenvalue weighted by Gasteiger charge is 2.09. The summed E-state index contributed by atoms with van der Waals surface area (Å²) in [5.74, 6) is 0.551. The summed E-state index contributed by atoms with van der Waals surface area (Å²) in [7, 11) is 0. The van der Waals surface area contributed by atoms with Crippen molar-refractivity contribution in [2.24, 2.45) is 0 Å². The molecule has 0 saturated heterocycles. The number of carbonyl (C=O) groups excluding carboxylic acids is 1. The Morgan fingerprint density at radius 2 is 2.21 bits per heavy atom. The van der Waals surface area contributed by atoms with E-state index in [2.05, 4.69) is 10.3 Å². The van der Waals surface area contributed by atoms with Crippen LogP contribution in [0.5, 0.6) is 0 Å². The van der Waals surface area contributed by atoms with Gasteiger partial charge in [-0.05, 0) is 19.9 Å². The molecule has 3 N–H and O–H groups in total. The van der Waals surface area contributed by atoms with Gasteiger partial charge in [0.25, 0.3) is 0 Å². The van der Waals surface area contributed by atoms with Gasteiger partial charge in [0.15, 0.2) is 0 Å². The maximum Gasteiger partial charge on any atom is 0.224 e. The number of nitrogen functional groups attached to an aromatic ring is 1. The van der Waals surface area contributed by atoms with Crippen LogP contribution < -0.4 is 11.1 Å². The van der Waals surface area contributed by atoms with Crippen molar-refractivity contribution < 1.29 is 4.79 Å². The van der Waals surface area contributed by atoms with E-state index >= 15 is 0 Å². The molecule has 0 unspecified atom stereocenters. The number of hydrogen-bond donors (Lipinski definition) is 2. The van der Waals surface area contributed by atoms with Crippen molar-refractivity contribution in [2.45, 2.75) is 20.3 Å². The number of hydrogen-bond acceptors (Lipinski definition) is 5. The predicted molar refractivity (Wildman–Crippen MR) is 74.4 cm³/mol. The Morgan fingerprint density at radius 1 is 1.53 bits per heavy atom. The van der Waals surface area contributed by atoms with Gasteiger partial charge in [-0.25, -0.2) is 4.98 Å². The summed E-state index contributed by atoms with van der Waals surface area (Å²) in [6.45, 7) is 5.76. The molecule has 6 nitrogen and oxygen atoms in total. The van der Waals surface area contributed by atoms with E-state index in [4.69, 9.17) is 11.0 Å². The van der Waals surface area contributed by atoms with E-state index < -0.39 is 0 Å². The maximum atomic E-state index is 11.8. The largest absolute Gasteiger partial charge is 0.397 e. The van der Waals surface area contributed by atoms with Crippen LogP contribution in [0.4, 0.5) is 11.5 Å². The number of carbonyl (C=O) groups is 1. The summed E-state index contributed by atoms with van der Waals surface area (Å²) in [4.78, 5) is 17.6. The highest BCUT2D eigenvalue weighted by atomic mass is 16.2. The molecule has 6 heteroatoms. The first-order chi connectivity index (χ1) is 9.12. The number of nitrogens with zero attached hydrogens (tertiary/aromatic N) is 3. The molecule has 0 spiro atoms.